The van der Waals surface area contributed by atoms with Gasteiger partial charge in [-0.3, -0.25) is 4.79 Å². The molecule has 86 valence electrons. The van der Waals surface area contributed by atoms with Crippen LogP contribution in [0.3, 0.4) is 0 Å². The molecule has 4 heteroatoms. The maximum absolute atomic E-state index is 10.6. The number of aliphatic hydroxyl groups is 1. The summed E-state index contributed by atoms with van der Waals surface area (Å²) in [6.07, 6.45) is 0.324. The van der Waals surface area contributed by atoms with Crippen LogP contribution in [0, 0.1) is 0 Å². The largest absolute Gasteiger partial charge is 0.481 e. The molecule has 4 nitrogen and oxygen atoms in total. The van der Waals surface area contributed by atoms with Gasteiger partial charge in [0.25, 0.3) is 0 Å². The quantitative estimate of drug-likeness (QED) is 0.802. The van der Waals surface area contributed by atoms with Gasteiger partial charge in [-0.1, -0.05) is 18.2 Å². The van der Waals surface area contributed by atoms with Crippen molar-refractivity contribution in [2.45, 2.75) is 18.4 Å². The van der Waals surface area contributed by atoms with Gasteiger partial charge in [0.05, 0.1) is 12.0 Å². The highest BCUT2D eigenvalue weighted by Gasteiger charge is 2.37. The minimum absolute atomic E-state index is 0.184. The van der Waals surface area contributed by atoms with E-state index < -0.39 is 11.6 Å². The molecule has 16 heavy (non-hydrogen) atoms. The molecule has 1 aliphatic heterocycles. The minimum atomic E-state index is -1.08. The summed E-state index contributed by atoms with van der Waals surface area (Å²) < 4.78 is 0. The van der Waals surface area contributed by atoms with Crippen LogP contribution in [0.25, 0.3) is 0 Å². The molecule has 1 fully saturated rings. The number of carboxylic acids is 1. The fourth-order valence-corrected chi connectivity index (χ4v) is 2.14. The van der Waals surface area contributed by atoms with Crippen molar-refractivity contribution in [3.8, 4) is 0 Å². The predicted molar refractivity (Wildman–Crippen MR) is 60.5 cm³/mol. The third-order valence-electron chi connectivity index (χ3n) is 2.93. The van der Waals surface area contributed by atoms with Crippen LogP contribution in [0.5, 0.6) is 0 Å². The molecule has 1 heterocycles. The number of aliphatic carboxylic acids is 1. The first-order valence-electron chi connectivity index (χ1n) is 5.33. The molecule has 1 aromatic rings. The average molecular weight is 221 g/mol. The highest BCUT2D eigenvalue weighted by Crippen LogP contribution is 2.28. The van der Waals surface area contributed by atoms with Gasteiger partial charge in [-0.05, 0) is 18.6 Å². The van der Waals surface area contributed by atoms with Crippen LogP contribution in [0.4, 0.5) is 5.69 Å². The van der Waals surface area contributed by atoms with E-state index in [0.717, 1.165) is 5.69 Å². The molecule has 0 spiro atoms. The van der Waals surface area contributed by atoms with E-state index in [0.29, 0.717) is 19.5 Å². The Hall–Kier alpha value is -1.55. The van der Waals surface area contributed by atoms with E-state index in [1.807, 2.05) is 35.2 Å². The molecule has 1 atom stereocenters. The summed E-state index contributed by atoms with van der Waals surface area (Å²) in [5.74, 6) is -0.947. The second-order valence-electron chi connectivity index (χ2n) is 4.30. The molecule has 0 radical (unpaired) electrons. The van der Waals surface area contributed by atoms with E-state index in [-0.39, 0.29) is 6.42 Å². The van der Waals surface area contributed by atoms with Crippen LogP contribution < -0.4 is 4.90 Å². The number of carboxylic acid groups (broad SMARTS) is 1. The van der Waals surface area contributed by atoms with E-state index >= 15 is 0 Å². The van der Waals surface area contributed by atoms with Crippen molar-refractivity contribution >= 4 is 11.7 Å². The maximum atomic E-state index is 10.6. The van der Waals surface area contributed by atoms with Crippen molar-refractivity contribution in [2.75, 3.05) is 18.0 Å². The van der Waals surface area contributed by atoms with Crippen LogP contribution in [0.1, 0.15) is 12.8 Å². The van der Waals surface area contributed by atoms with Crippen LogP contribution in [0.15, 0.2) is 30.3 Å². The lowest BCUT2D eigenvalue weighted by Gasteiger charge is -2.22. The van der Waals surface area contributed by atoms with E-state index in [1.54, 1.807) is 0 Å². The Morgan fingerprint density at radius 3 is 2.69 bits per heavy atom. The second kappa shape index (κ2) is 4.14. The molecule has 2 rings (SSSR count). The smallest absolute Gasteiger partial charge is 0.306 e. The lowest BCUT2D eigenvalue weighted by atomic mass is 9.99. The summed E-state index contributed by atoms with van der Waals surface area (Å²) in [7, 11) is 0. The number of benzene rings is 1. The van der Waals surface area contributed by atoms with Gasteiger partial charge in [0.2, 0.25) is 0 Å². The van der Waals surface area contributed by atoms with Gasteiger partial charge in [-0.2, -0.15) is 0 Å². The third kappa shape index (κ3) is 2.33. The molecule has 0 aliphatic carbocycles. The summed E-state index contributed by atoms with van der Waals surface area (Å²) in [6.45, 7) is 1.09. The molecule has 0 saturated carbocycles. The number of carbonyl (C=O) groups is 1. The maximum Gasteiger partial charge on any atom is 0.306 e. The topological polar surface area (TPSA) is 60.8 Å². The van der Waals surface area contributed by atoms with Crippen molar-refractivity contribution in [1.82, 2.24) is 0 Å². The number of hydrogen-bond acceptors (Lipinski definition) is 3. The molecule has 0 aromatic heterocycles. The van der Waals surface area contributed by atoms with Crippen LogP contribution in [-0.4, -0.2) is 34.9 Å². The molecule has 0 bridgehead atoms. The van der Waals surface area contributed by atoms with Gasteiger partial charge < -0.3 is 15.1 Å². The molecule has 1 aliphatic rings. The molecule has 2 N–H and O–H groups in total. The van der Waals surface area contributed by atoms with Crippen molar-refractivity contribution in [3.05, 3.63) is 30.3 Å². The van der Waals surface area contributed by atoms with Gasteiger partial charge >= 0.3 is 5.97 Å². The van der Waals surface area contributed by atoms with E-state index in [4.69, 9.17) is 5.11 Å². The normalized spacial score (nSPS) is 24.7. The van der Waals surface area contributed by atoms with Gasteiger partial charge in [0, 0.05) is 18.8 Å². The van der Waals surface area contributed by atoms with Crippen molar-refractivity contribution in [1.29, 1.82) is 0 Å². The van der Waals surface area contributed by atoms with E-state index in [2.05, 4.69) is 0 Å². The van der Waals surface area contributed by atoms with Crippen molar-refractivity contribution < 1.29 is 15.0 Å². The zero-order valence-corrected chi connectivity index (χ0v) is 8.97. The SMILES string of the molecule is O=C(O)CC1(O)CCN(c2ccccc2)C1. The van der Waals surface area contributed by atoms with Crippen LogP contribution in [-0.2, 0) is 4.79 Å². The standard InChI is InChI=1S/C12H15NO3/c14-11(15)8-12(16)6-7-13(9-12)10-4-2-1-3-5-10/h1-5,16H,6-9H2,(H,14,15). The first-order valence-corrected chi connectivity index (χ1v) is 5.33. The van der Waals surface area contributed by atoms with Crippen LogP contribution in [0.2, 0.25) is 0 Å². The zero-order valence-electron chi connectivity index (χ0n) is 8.97. The Kier molecular flexibility index (Phi) is 2.83. The first kappa shape index (κ1) is 11.0. The summed E-state index contributed by atoms with van der Waals surface area (Å²) >= 11 is 0. The number of nitrogens with zero attached hydrogens (tertiary/aromatic N) is 1. The van der Waals surface area contributed by atoms with Crippen molar-refractivity contribution in [2.24, 2.45) is 0 Å². The van der Waals surface area contributed by atoms with E-state index in [1.165, 1.54) is 0 Å². The van der Waals surface area contributed by atoms with Gasteiger partial charge in [0.1, 0.15) is 0 Å². The third-order valence-corrected chi connectivity index (χ3v) is 2.93. The highest BCUT2D eigenvalue weighted by atomic mass is 16.4. The fourth-order valence-electron chi connectivity index (χ4n) is 2.14. The summed E-state index contributed by atoms with van der Waals surface area (Å²) in [4.78, 5) is 12.6. The summed E-state index contributed by atoms with van der Waals surface area (Å²) in [5, 5.41) is 18.8. The molecule has 1 aromatic carbocycles. The fraction of sp³-hybridized carbons (Fsp3) is 0.417. The Labute approximate surface area is 94.1 Å². The number of rotatable bonds is 3. The molecule has 1 saturated heterocycles. The van der Waals surface area contributed by atoms with Gasteiger partial charge in [-0.25, -0.2) is 0 Å². The number of anilines is 1. The predicted octanol–water partition coefficient (Wildman–Crippen LogP) is 1.10. The molecular weight excluding hydrogens is 206 g/mol. The number of hydrogen-bond donors (Lipinski definition) is 2. The Bertz CT molecular complexity index is 379. The van der Waals surface area contributed by atoms with Gasteiger partial charge in [-0.15, -0.1) is 0 Å². The summed E-state index contributed by atoms with van der Waals surface area (Å²) in [6, 6.07) is 9.73. The van der Waals surface area contributed by atoms with Gasteiger partial charge in [0.15, 0.2) is 0 Å². The zero-order chi connectivity index (χ0) is 11.6. The Balaban J connectivity index is 2.06. The summed E-state index contributed by atoms with van der Waals surface area (Å²) in [5.41, 5.74) is -0.0504. The lowest BCUT2D eigenvalue weighted by molar-refractivity contribution is -0.141. The molecule has 0 amide bonds. The number of para-hydroxylation sites is 1. The number of β-amino-alcohol motifs (C(OH)–C–C–N with tert-alkyl or cyclic N) is 1. The first-order chi connectivity index (χ1) is 7.59. The highest BCUT2D eigenvalue weighted by molar-refractivity contribution is 5.68. The lowest BCUT2D eigenvalue weighted by Crippen LogP contribution is -2.35. The Morgan fingerprint density at radius 2 is 2.06 bits per heavy atom. The average Bonchev–Trinajstić information content (AvgIpc) is 2.61. The van der Waals surface area contributed by atoms with E-state index in [9.17, 15) is 9.90 Å². The molecule has 1 unspecified atom stereocenters. The minimum Gasteiger partial charge on any atom is -0.481 e. The monoisotopic (exact) mass is 221 g/mol. The second-order valence-corrected chi connectivity index (χ2v) is 4.30. The molecular formula is C12H15NO3. The Morgan fingerprint density at radius 1 is 1.38 bits per heavy atom. The van der Waals surface area contributed by atoms with Crippen LogP contribution >= 0.6 is 0 Å². The van der Waals surface area contributed by atoms with Crippen molar-refractivity contribution in [3.63, 3.8) is 0 Å².